The molecule has 0 saturated carbocycles. The fourth-order valence-corrected chi connectivity index (χ4v) is 2.71. The van der Waals surface area contributed by atoms with E-state index >= 15 is 0 Å². The molecule has 1 unspecified atom stereocenters. The highest BCUT2D eigenvalue weighted by Gasteiger charge is 2.11. The number of halogens is 1. The number of benzene rings is 2. The van der Waals surface area contributed by atoms with E-state index in [4.69, 9.17) is 5.73 Å². The quantitative estimate of drug-likeness (QED) is 0.850. The highest BCUT2D eigenvalue weighted by Crippen LogP contribution is 2.20. The van der Waals surface area contributed by atoms with Gasteiger partial charge in [-0.05, 0) is 24.3 Å². The lowest BCUT2D eigenvalue weighted by Crippen LogP contribution is -2.03. The van der Waals surface area contributed by atoms with Gasteiger partial charge in [-0.25, -0.2) is 4.39 Å². The van der Waals surface area contributed by atoms with Crippen molar-refractivity contribution in [3.8, 4) is 0 Å². The van der Waals surface area contributed by atoms with Crippen molar-refractivity contribution in [2.75, 3.05) is 5.73 Å². The first-order valence-electron chi connectivity index (χ1n) is 5.15. The van der Waals surface area contributed by atoms with Crippen molar-refractivity contribution in [1.29, 1.82) is 0 Å². The van der Waals surface area contributed by atoms with E-state index in [1.54, 1.807) is 36.4 Å². The Hall–Kier alpha value is -1.68. The summed E-state index contributed by atoms with van der Waals surface area (Å²) in [6.07, 6.45) is 0. The van der Waals surface area contributed by atoms with Crippen LogP contribution in [0, 0.1) is 5.82 Å². The fourth-order valence-electron chi connectivity index (χ4n) is 1.51. The molecule has 2 rings (SSSR count). The van der Waals surface area contributed by atoms with Crippen LogP contribution in [-0.2, 0) is 16.6 Å². The molecule has 0 fully saturated rings. The van der Waals surface area contributed by atoms with E-state index in [0.717, 1.165) is 0 Å². The molecule has 0 aromatic heterocycles. The first kappa shape index (κ1) is 11.8. The van der Waals surface area contributed by atoms with Gasteiger partial charge in [0.05, 0.1) is 16.6 Å². The smallest absolute Gasteiger partial charge is 0.129 e. The van der Waals surface area contributed by atoms with Crippen molar-refractivity contribution in [1.82, 2.24) is 0 Å². The van der Waals surface area contributed by atoms with Crippen molar-refractivity contribution in [2.24, 2.45) is 0 Å². The zero-order valence-electron chi connectivity index (χ0n) is 9.10. The third-order valence-electron chi connectivity index (χ3n) is 2.44. The molecule has 2 N–H and O–H groups in total. The summed E-state index contributed by atoms with van der Waals surface area (Å²) in [7, 11) is -1.27. The van der Waals surface area contributed by atoms with Crippen LogP contribution in [0.5, 0.6) is 0 Å². The zero-order chi connectivity index (χ0) is 12.3. The van der Waals surface area contributed by atoms with Gasteiger partial charge in [0.1, 0.15) is 5.82 Å². The first-order valence-corrected chi connectivity index (χ1v) is 6.46. The predicted molar refractivity (Wildman–Crippen MR) is 67.4 cm³/mol. The van der Waals surface area contributed by atoms with E-state index in [2.05, 4.69) is 0 Å². The molecule has 0 aliphatic heterocycles. The van der Waals surface area contributed by atoms with E-state index in [9.17, 15) is 8.60 Å². The SMILES string of the molecule is Nc1cccc(F)c1CS(=O)c1ccccc1. The van der Waals surface area contributed by atoms with Gasteiger partial charge in [0.15, 0.2) is 0 Å². The second-order valence-corrected chi connectivity index (χ2v) is 5.06. The van der Waals surface area contributed by atoms with Crippen LogP contribution in [0.3, 0.4) is 0 Å². The molecule has 0 heterocycles. The van der Waals surface area contributed by atoms with Crippen molar-refractivity contribution in [2.45, 2.75) is 10.6 Å². The Bertz CT molecular complexity index is 522. The Morgan fingerprint density at radius 2 is 1.76 bits per heavy atom. The van der Waals surface area contributed by atoms with Crippen LogP contribution < -0.4 is 5.73 Å². The van der Waals surface area contributed by atoms with E-state index in [0.29, 0.717) is 16.1 Å². The van der Waals surface area contributed by atoms with Gasteiger partial charge < -0.3 is 5.73 Å². The zero-order valence-corrected chi connectivity index (χ0v) is 9.91. The highest BCUT2D eigenvalue weighted by molar-refractivity contribution is 7.84. The van der Waals surface area contributed by atoms with Gasteiger partial charge in [-0.3, -0.25) is 4.21 Å². The van der Waals surface area contributed by atoms with E-state index < -0.39 is 16.6 Å². The molecule has 0 spiro atoms. The van der Waals surface area contributed by atoms with Gasteiger partial charge in [-0.15, -0.1) is 0 Å². The normalized spacial score (nSPS) is 12.3. The molecule has 0 radical (unpaired) electrons. The Balaban J connectivity index is 2.25. The molecule has 2 aromatic rings. The Morgan fingerprint density at radius 1 is 1.06 bits per heavy atom. The van der Waals surface area contributed by atoms with Crippen molar-refractivity contribution >= 4 is 16.5 Å². The Labute approximate surface area is 102 Å². The first-order chi connectivity index (χ1) is 8.18. The minimum absolute atomic E-state index is 0.0997. The summed E-state index contributed by atoms with van der Waals surface area (Å²) >= 11 is 0. The predicted octanol–water partition coefficient (Wildman–Crippen LogP) is 2.72. The maximum absolute atomic E-state index is 13.5. The number of anilines is 1. The third-order valence-corrected chi connectivity index (χ3v) is 3.79. The fraction of sp³-hybridized carbons (Fsp3) is 0.0769. The van der Waals surface area contributed by atoms with Crippen molar-refractivity contribution < 1.29 is 8.60 Å². The maximum Gasteiger partial charge on any atom is 0.129 e. The summed E-state index contributed by atoms with van der Waals surface area (Å²) in [6.45, 7) is 0. The van der Waals surface area contributed by atoms with Crippen LogP contribution in [0.4, 0.5) is 10.1 Å². The molecule has 2 aromatic carbocycles. The van der Waals surface area contributed by atoms with E-state index in [1.807, 2.05) is 6.07 Å². The van der Waals surface area contributed by atoms with Crippen LogP contribution in [0.25, 0.3) is 0 Å². The van der Waals surface area contributed by atoms with Gasteiger partial charge in [0.25, 0.3) is 0 Å². The van der Waals surface area contributed by atoms with Gasteiger partial charge in [-0.1, -0.05) is 24.3 Å². The number of hydrogen-bond donors (Lipinski definition) is 1. The van der Waals surface area contributed by atoms with Gasteiger partial charge in [0.2, 0.25) is 0 Å². The van der Waals surface area contributed by atoms with E-state index in [-0.39, 0.29) is 5.75 Å². The van der Waals surface area contributed by atoms with Gasteiger partial charge >= 0.3 is 0 Å². The minimum atomic E-state index is -1.27. The average Bonchev–Trinajstić information content (AvgIpc) is 2.35. The van der Waals surface area contributed by atoms with Crippen molar-refractivity contribution in [3.05, 3.63) is 59.9 Å². The van der Waals surface area contributed by atoms with E-state index in [1.165, 1.54) is 6.07 Å². The minimum Gasteiger partial charge on any atom is -0.398 e. The average molecular weight is 249 g/mol. The molecule has 0 amide bonds. The van der Waals surface area contributed by atoms with Crippen LogP contribution in [-0.4, -0.2) is 4.21 Å². The topological polar surface area (TPSA) is 43.1 Å². The summed E-state index contributed by atoms with van der Waals surface area (Å²) in [5, 5.41) is 0. The highest BCUT2D eigenvalue weighted by atomic mass is 32.2. The molecule has 2 nitrogen and oxygen atoms in total. The molecular formula is C13H12FNOS. The molecular weight excluding hydrogens is 237 g/mol. The number of hydrogen-bond acceptors (Lipinski definition) is 2. The lowest BCUT2D eigenvalue weighted by Gasteiger charge is -2.06. The summed E-state index contributed by atoms with van der Waals surface area (Å²) in [5.41, 5.74) is 6.33. The number of nitrogens with two attached hydrogens (primary N) is 1. The third kappa shape index (κ3) is 2.71. The maximum atomic E-state index is 13.5. The van der Waals surface area contributed by atoms with Crippen LogP contribution >= 0.6 is 0 Å². The molecule has 0 bridgehead atoms. The van der Waals surface area contributed by atoms with Crippen LogP contribution in [0.15, 0.2) is 53.4 Å². The number of rotatable bonds is 3. The van der Waals surface area contributed by atoms with Crippen LogP contribution in [0.2, 0.25) is 0 Å². The molecule has 4 heteroatoms. The van der Waals surface area contributed by atoms with Crippen LogP contribution in [0.1, 0.15) is 5.56 Å². The molecule has 88 valence electrons. The summed E-state index contributed by atoms with van der Waals surface area (Å²) < 4.78 is 25.5. The van der Waals surface area contributed by atoms with Crippen molar-refractivity contribution in [3.63, 3.8) is 0 Å². The monoisotopic (exact) mass is 249 g/mol. The van der Waals surface area contributed by atoms with Gasteiger partial charge in [-0.2, -0.15) is 0 Å². The largest absolute Gasteiger partial charge is 0.398 e. The number of nitrogen functional groups attached to an aromatic ring is 1. The Kier molecular flexibility index (Phi) is 3.54. The molecule has 0 aliphatic carbocycles. The second kappa shape index (κ2) is 5.10. The second-order valence-electron chi connectivity index (χ2n) is 3.61. The lowest BCUT2D eigenvalue weighted by molar-refractivity contribution is 0.616. The van der Waals surface area contributed by atoms with Gasteiger partial charge in [0, 0.05) is 16.1 Å². The molecule has 17 heavy (non-hydrogen) atoms. The lowest BCUT2D eigenvalue weighted by atomic mass is 10.2. The summed E-state index contributed by atoms with van der Waals surface area (Å²) in [5.74, 6) is -0.308. The Morgan fingerprint density at radius 3 is 2.41 bits per heavy atom. The molecule has 0 aliphatic rings. The molecule has 0 saturated heterocycles. The molecule has 1 atom stereocenters. The standard InChI is InChI=1S/C13H12FNOS/c14-12-7-4-8-13(15)11(12)9-17(16)10-5-2-1-3-6-10/h1-8H,9,15H2. The summed E-state index contributed by atoms with van der Waals surface area (Å²) in [4.78, 5) is 0.676. The summed E-state index contributed by atoms with van der Waals surface area (Å²) in [6, 6.07) is 13.4.